The lowest BCUT2D eigenvalue weighted by atomic mass is 10.00. The van der Waals surface area contributed by atoms with E-state index in [9.17, 15) is 8.60 Å². The molecular weight excluding hydrogens is 251 g/mol. The van der Waals surface area contributed by atoms with Gasteiger partial charge in [0.25, 0.3) is 0 Å². The second-order valence-electron chi connectivity index (χ2n) is 4.92. The molecule has 2 unspecified atom stereocenters. The van der Waals surface area contributed by atoms with Gasteiger partial charge in [-0.25, -0.2) is 8.60 Å². The van der Waals surface area contributed by atoms with E-state index in [1.165, 1.54) is 18.7 Å². The van der Waals surface area contributed by atoms with Gasteiger partial charge >= 0.3 is 0 Å². The molecular formula is C13H19FN2OS. The lowest BCUT2D eigenvalue weighted by Gasteiger charge is -2.33. The Balaban J connectivity index is 2.16. The Morgan fingerprint density at radius 1 is 1.50 bits per heavy atom. The highest BCUT2D eigenvalue weighted by molar-refractivity contribution is 7.85. The van der Waals surface area contributed by atoms with Gasteiger partial charge in [0.2, 0.25) is 0 Å². The predicted molar refractivity (Wildman–Crippen MR) is 74.7 cm³/mol. The third-order valence-corrected chi connectivity index (χ3v) is 3.73. The van der Waals surface area contributed by atoms with Crippen molar-refractivity contribution in [3.05, 3.63) is 24.0 Å². The standard InChI is InChI=1S/C13H19FN2OS/c1-10-4-3-7-16(9-10)13-6-5-11(8-12(13)14)15-18(2)17/h5-6,8,10,15H,3-4,7,9H2,1-2H3. The average molecular weight is 270 g/mol. The molecule has 5 heteroatoms. The molecule has 1 saturated heterocycles. The maximum absolute atomic E-state index is 14.0. The highest BCUT2D eigenvalue weighted by Crippen LogP contribution is 2.27. The Hall–Kier alpha value is -1.10. The SMILES string of the molecule is CC1CCCN(c2ccc(NS(C)=O)cc2F)C1. The van der Waals surface area contributed by atoms with Crippen molar-refractivity contribution < 1.29 is 8.60 Å². The van der Waals surface area contributed by atoms with Crippen molar-refractivity contribution in [1.29, 1.82) is 0 Å². The fourth-order valence-electron chi connectivity index (χ4n) is 2.40. The number of rotatable bonds is 3. The molecule has 0 amide bonds. The van der Waals surface area contributed by atoms with Crippen LogP contribution in [0.15, 0.2) is 18.2 Å². The van der Waals surface area contributed by atoms with Gasteiger partial charge < -0.3 is 9.62 Å². The summed E-state index contributed by atoms with van der Waals surface area (Å²) >= 11 is 0. The van der Waals surface area contributed by atoms with Crippen LogP contribution in [0.1, 0.15) is 19.8 Å². The lowest BCUT2D eigenvalue weighted by molar-refractivity contribution is 0.442. The summed E-state index contributed by atoms with van der Waals surface area (Å²) in [4.78, 5) is 2.09. The van der Waals surface area contributed by atoms with Gasteiger partial charge in [-0.2, -0.15) is 0 Å². The second kappa shape index (κ2) is 5.69. The van der Waals surface area contributed by atoms with E-state index in [1.54, 1.807) is 12.1 Å². The van der Waals surface area contributed by atoms with E-state index < -0.39 is 11.0 Å². The van der Waals surface area contributed by atoms with Crippen molar-refractivity contribution in [2.75, 3.05) is 29.0 Å². The third-order valence-electron chi connectivity index (χ3n) is 3.21. The van der Waals surface area contributed by atoms with E-state index in [0.717, 1.165) is 19.5 Å². The first-order valence-corrected chi connectivity index (χ1v) is 7.76. The smallest absolute Gasteiger partial charge is 0.148 e. The van der Waals surface area contributed by atoms with Gasteiger partial charge in [0.15, 0.2) is 0 Å². The topological polar surface area (TPSA) is 32.3 Å². The molecule has 1 N–H and O–H groups in total. The van der Waals surface area contributed by atoms with E-state index >= 15 is 0 Å². The van der Waals surface area contributed by atoms with Crippen LogP contribution in [-0.4, -0.2) is 23.6 Å². The minimum atomic E-state index is -1.17. The van der Waals surface area contributed by atoms with Crippen LogP contribution in [0.25, 0.3) is 0 Å². The summed E-state index contributed by atoms with van der Waals surface area (Å²) in [5.41, 5.74) is 1.20. The van der Waals surface area contributed by atoms with E-state index in [4.69, 9.17) is 0 Å². The van der Waals surface area contributed by atoms with Crippen molar-refractivity contribution in [3.8, 4) is 0 Å². The van der Waals surface area contributed by atoms with Gasteiger partial charge in [0, 0.05) is 31.1 Å². The Kier molecular flexibility index (Phi) is 4.22. The van der Waals surface area contributed by atoms with Gasteiger partial charge in [-0.05, 0) is 30.9 Å². The Morgan fingerprint density at radius 2 is 2.28 bits per heavy atom. The molecule has 0 bridgehead atoms. The van der Waals surface area contributed by atoms with Gasteiger partial charge in [0.05, 0.1) is 5.69 Å². The molecule has 0 saturated carbocycles. The first kappa shape index (κ1) is 13.3. The maximum atomic E-state index is 14.0. The van der Waals surface area contributed by atoms with Crippen LogP contribution in [0.5, 0.6) is 0 Å². The fourth-order valence-corrected chi connectivity index (χ4v) is 2.86. The Labute approximate surface area is 110 Å². The summed E-state index contributed by atoms with van der Waals surface area (Å²) in [7, 11) is -1.17. The summed E-state index contributed by atoms with van der Waals surface area (Å²) in [5, 5.41) is 0. The Morgan fingerprint density at radius 3 is 2.89 bits per heavy atom. The number of nitrogens with one attached hydrogen (secondary N) is 1. The third kappa shape index (κ3) is 3.22. The van der Waals surface area contributed by atoms with Crippen LogP contribution >= 0.6 is 0 Å². The number of piperidine rings is 1. The molecule has 2 atom stereocenters. The molecule has 18 heavy (non-hydrogen) atoms. The summed E-state index contributed by atoms with van der Waals surface area (Å²) in [6, 6.07) is 4.96. The summed E-state index contributed by atoms with van der Waals surface area (Å²) < 4.78 is 27.8. The molecule has 1 aliphatic rings. The van der Waals surface area contributed by atoms with Crippen LogP contribution in [0.4, 0.5) is 15.8 Å². The highest BCUT2D eigenvalue weighted by Gasteiger charge is 2.19. The number of anilines is 2. The van der Waals surface area contributed by atoms with Crippen LogP contribution in [0, 0.1) is 11.7 Å². The van der Waals surface area contributed by atoms with Crippen molar-refractivity contribution >= 4 is 22.4 Å². The zero-order valence-electron chi connectivity index (χ0n) is 10.8. The van der Waals surface area contributed by atoms with Crippen molar-refractivity contribution in [2.24, 2.45) is 5.92 Å². The number of nitrogens with zero attached hydrogens (tertiary/aromatic N) is 1. The zero-order chi connectivity index (χ0) is 13.1. The Bertz CT molecular complexity index is 453. The molecule has 2 rings (SSSR count). The maximum Gasteiger partial charge on any atom is 0.148 e. The van der Waals surface area contributed by atoms with Gasteiger partial charge in [-0.3, -0.25) is 0 Å². The molecule has 1 aromatic rings. The summed E-state index contributed by atoms with van der Waals surface area (Å²) in [6.07, 6.45) is 3.85. The molecule has 0 radical (unpaired) electrons. The van der Waals surface area contributed by atoms with Crippen molar-refractivity contribution in [3.63, 3.8) is 0 Å². The average Bonchev–Trinajstić information content (AvgIpc) is 2.28. The number of hydrogen-bond donors (Lipinski definition) is 1. The van der Waals surface area contributed by atoms with E-state index in [-0.39, 0.29) is 5.82 Å². The van der Waals surface area contributed by atoms with E-state index in [2.05, 4.69) is 16.5 Å². The normalized spacial score (nSPS) is 21.7. The minimum Gasteiger partial charge on any atom is -0.369 e. The molecule has 1 aliphatic heterocycles. The molecule has 3 nitrogen and oxygen atoms in total. The lowest BCUT2D eigenvalue weighted by Crippen LogP contribution is -2.34. The van der Waals surface area contributed by atoms with E-state index in [0.29, 0.717) is 17.3 Å². The molecule has 1 aromatic carbocycles. The molecule has 1 heterocycles. The summed E-state index contributed by atoms with van der Waals surface area (Å²) in [6.45, 7) is 4.01. The van der Waals surface area contributed by atoms with Crippen LogP contribution in [-0.2, 0) is 11.0 Å². The molecule has 0 spiro atoms. The molecule has 0 aliphatic carbocycles. The molecule has 1 fully saturated rings. The van der Waals surface area contributed by atoms with Crippen LogP contribution in [0.2, 0.25) is 0 Å². The quantitative estimate of drug-likeness (QED) is 0.916. The fraction of sp³-hybridized carbons (Fsp3) is 0.538. The number of halogens is 1. The zero-order valence-corrected chi connectivity index (χ0v) is 11.6. The van der Waals surface area contributed by atoms with Gasteiger partial charge in [-0.15, -0.1) is 0 Å². The van der Waals surface area contributed by atoms with Gasteiger partial charge in [-0.1, -0.05) is 6.92 Å². The largest absolute Gasteiger partial charge is 0.369 e. The summed E-state index contributed by atoms with van der Waals surface area (Å²) in [5.74, 6) is 0.360. The van der Waals surface area contributed by atoms with Crippen molar-refractivity contribution in [2.45, 2.75) is 19.8 Å². The van der Waals surface area contributed by atoms with Gasteiger partial charge in [0.1, 0.15) is 16.8 Å². The monoisotopic (exact) mass is 270 g/mol. The predicted octanol–water partition coefficient (Wildman–Crippen LogP) is 2.77. The van der Waals surface area contributed by atoms with E-state index in [1.807, 2.05) is 0 Å². The first-order chi connectivity index (χ1) is 8.56. The number of hydrogen-bond acceptors (Lipinski definition) is 2. The molecule has 0 aromatic heterocycles. The second-order valence-corrected chi connectivity index (χ2v) is 6.03. The first-order valence-electron chi connectivity index (χ1n) is 6.21. The highest BCUT2D eigenvalue weighted by atomic mass is 32.2. The van der Waals surface area contributed by atoms with Crippen molar-refractivity contribution in [1.82, 2.24) is 0 Å². The van der Waals surface area contributed by atoms with Crippen LogP contribution < -0.4 is 9.62 Å². The minimum absolute atomic E-state index is 0.250. The van der Waals surface area contributed by atoms with Crippen LogP contribution in [0.3, 0.4) is 0 Å². The molecule has 100 valence electrons. The number of benzene rings is 1.